The average molecular weight is 735 g/mol. The number of carbonyl (C=O) groups is 1. The van der Waals surface area contributed by atoms with Gasteiger partial charge in [-0.2, -0.15) is 0 Å². The van der Waals surface area contributed by atoms with Gasteiger partial charge in [0.1, 0.15) is 0 Å². The highest BCUT2D eigenvalue weighted by molar-refractivity contribution is 6.63. The fourth-order valence-corrected chi connectivity index (χ4v) is 3.46. The molecule has 262 valence electrons. The van der Waals surface area contributed by atoms with E-state index >= 15 is 0 Å². The molecule has 0 amide bonds. The van der Waals surface area contributed by atoms with Crippen molar-refractivity contribution in [3.8, 4) is 0 Å². The average Bonchev–Trinajstić information content (AvgIpc) is 3.66. The SMILES string of the molecule is C1CCCCC1.C1CCOC1.C1COCCO1.CCCCCC(=O)O.Cc1ccccc1.ClC(Cl)Cl.ClCCl.c1ccccc1. The van der Waals surface area contributed by atoms with Crippen LogP contribution < -0.4 is 0 Å². The topological polar surface area (TPSA) is 65.0 Å². The van der Waals surface area contributed by atoms with E-state index < -0.39 is 10.3 Å². The van der Waals surface area contributed by atoms with E-state index in [0.717, 1.165) is 58.9 Å². The Morgan fingerprint density at radius 2 is 0.956 bits per heavy atom. The van der Waals surface area contributed by atoms with Crippen LogP contribution in [-0.4, -0.2) is 60.4 Å². The zero-order chi connectivity index (χ0) is 34.1. The number of halogens is 5. The molecule has 45 heavy (non-hydrogen) atoms. The summed E-state index contributed by atoms with van der Waals surface area (Å²) in [6.45, 7) is 9.25. The van der Waals surface area contributed by atoms with E-state index in [1.807, 2.05) is 54.6 Å². The first-order chi connectivity index (χ1) is 21.8. The Labute approximate surface area is 299 Å². The van der Waals surface area contributed by atoms with Crippen LogP contribution in [0.5, 0.6) is 0 Å². The molecule has 3 fully saturated rings. The molecule has 2 heterocycles. The number of benzene rings is 2. The fourth-order valence-electron chi connectivity index (χ4n) is 3.46. The van der Waals surface area contributed by atoms with Crippen LogP contribution in [0.2, 0.25) is 0 Å². The molecule has 3 aliphatic rings. The Morgan fingerprint density at radius 1 is 0.644 bits per heavy atom. The van der Waals surface area contributed by atoms with Crippen LogP contribution in [0.4, 0.5) is 0 Å². The maximum atomic E-state index is 9.87. The number of rotatable bonds is 4. The van der Waals surface area contributed by atoms with Crippen LogP contribution in [0.15, 0.2) is 66.7 Å². The molecule has 1 N–H and O–H groups in total. The molecule has 2 aliphatic heterocycles. The van der Waals surface area contributed by atoms with Crippen molar-refractivity contribution in [1.82, 2.24) is 0 Å². The quantitative estimate of drug-likeness (QED) is 0.250. The summed E-state index contributed by atoms with van der Waals surface area (Å²) in [4.78, 5) is 9.87. The molecule has 0 radical (unpaired) electrons. The van der Waals surface area contributed by atoms with Gasteiger partial charge in [-0.1, -0.05) is 165 Å². The molecular formula is C35H57Cl5O5. The largest absolute Gasteiger partial charge is 0.481 e. The zero-order valence-corrected chi connectivity index (χ0v) is 31.1. The van der Waals surface area contributed by atoms with E-state index in [2.05, 4.69) is 26.0 Å². The lowest BCUT2D eigenvalue weighted by molar-refractivity contribution is -0.137. The number of aryl methyl sites for hydroxylation is 1. The lowest BCUT2D eigenvalue weighted by atomic mass is 10.0. The lowest BCUT2D eigenvalue weighted by Crippen LogP contribution is -2.16. The maximum absolute atomic E-state index is 9.87. The Balaban J connectivity index is -0.000000454. The first kappa shape index (κ1) is 48.6. The molecule has 5 nitrogen and oxygen atoms in total. The molecule has 1 saturated carbocycles. The van der Waals surface area contributed by atoms with Crippen molar-refractivity contribution in [1.29, 1.82) is 0 Å². The van der Waals surface area contributed by atoms with E-state index in [1.165, 1.54) is 56.9 Å². The number of unbranched alkanes of at least 4 members (excludes halogenated alkanes) is 2. The number of ether oxygens (including phenoxy) is 3. The summed E-state index contributed by atoms with van der Waals surface area (Å²) in [5, 5.41) is 8.33. The van der Waals surface area contributed by atoms with Crippen molar-refractivity contribution >= 4 is 64.0 Å². The van der Waals surface area contributed by atoms with Gasteiger partial charge in [-0.15, -0.1) is 23.2 Å². The van der Waals surface area contributed by atoms with Crippen LogP contribution >= 0.6 is 58.0 Å². The van der Waals surface area contributed by atoms with E-state index in [9.17, 15) is 4.79 Å². The van der Waals surface area contributed by atoms with Gasteiger partial charge in [-0.05, 0) is 26.2 Å². The zero-order valence-electron chi connectivity index (χ0n) is 27.3. The number of hydrogen-bond acceptors (Lipinski definition) is 4. The molecule has 2 saturated heterocycles. The molecule has 0 atom stereocenters. The summed E-state index contributed by atoms with van der Waals surface area (Å²) in [6.07, 6.45) is 14.8. The Kier molecular flexibility index (Phi) is 49.0. The van der Waals surface area contributed by atoms with Crippen LogP contribution in [0.3, 0.4) is 0 Å². The molecule has 2 aromatic carbocycles. The summed E-state index contributed by atoms with van der Waals surface area (Å²) in [5.74, 6) is -0.682. The summed E-state index contributed by atoms with van der Waals surface area (Å²) in [6, 6.07) is 22.3. The highest BCUT2D eigenvalue weighted by Crippen LogP contribution is 2.15. The van der Waals surface area contributed by atoms with Gasteiger partial charge in [0.15, 0.2) is 4.30 Å². The summed E-state index contributed by atoms with van der Waals surface area (Å²) in [7, 11) is 0. The predicted octanol–water partition coefficient (Wildman–Crippen LogP) is 11.9. The van der Waals surface area contributed by atoms with Crippen LogP contribution in [0, 0.1) is 6.92 Å². The van der Waals surface area contributed by atoms with Crippen molar-refractivity contribution in [3.05, 3.63) is 72.3 Å². The summed E-state index contributed by atoms with van der Waals surface area (Å²) >= 11 is 23.9. The smallest absolute Gasteiger partial charge is 0.303 e. The van der Waals surface area contributed by atoms with Crippen molar-refractivity contribution < 1.29 is 24.1 Å². The van der Waals surface area contributed by atoms with E-state index in [0.29, 0.717) is 6.42 Å². The Morgan fingerprint density at radius 3 is 1.16 bits per heavy atom. The monoisotopic (exact) mass is 732 g/mol. The minimum atomic E-state index is -0.750. The molecule has 2 aromatic rings. The van der Waals surface area contributed by atoms with Gasteiger partial charge < -0.3 is 19.3 Å². The molecule has 5 rings (SSSR count). The maximum Gasteiger partial charge on any atom is 0.303 e. The molecule has 0 bridgehead atoms. The number of hydrogen-bond donors (Lipinski definition) is 1. The van der Waals surface area contributed by atoms with Gasteiger partial charge in [-0.25, -0.2) is 0 Å². The number of carboxylic acid groups (broad SMARTS) is 1. The highest BCUT2D eigenvalue weighted by Gasteiger charge is 1.96. The minimum absolute atomic E-state index is 0.194. The Bertz CT molecular complexity index is 689. The molecule has 1 aliphatic carbocycles. The van der Waals surface area contributed by atoms with Crippen molar-refractivity contribution in [2.24, 2.45) is 0 Å². The third kappa shape index (κ3) is 59.2. The van der Waals surface area contributed by atoms with E-state index in [1.54, 1.807) is 0 Å². The Hall–Kier alpha value is -0.760. The highest BCUT2D eigenvalue weighted by atomic mass is 35.6. The first-order valence-corrected chi connectivity index (χ1v) is 18.2. The van der Waals surface area contributed by atoms with Gasteiger partial charge in [0, 0.05) is 19.6 Å². The second-order valence-corrected chi connectivity index (χ2v) is 12.5. The normalized spacial score (nSPS) is 14.3. The number of alkyl halides is 5. The van der Waals surface area contributed by atoms with Gasteiger partial charge >= 0.3 is 5.97 Å². The van der Waals surface area contributed by atoms with Gasteiger partial charge in [0.2, 0.25) is 0 Å². The first-order valence-electron chi connectivity index (χ1n) is 15.8. The van der Waals surface area contributed by atoms with Crippen molar-refractivity contribution in [2.45, 2.75) is 95.2 Å². The van der Waals surface area contributed by atoms with Crippen LogP contribution in [0.1, 0.15) is 89.5 Å². The number of carboxylic acids is 1. The third-order valence-electron chi connectivity index (χ3n) is 5.67. The van der Waals surface area contributed by atoms with Crippen molar-refractivity contribution in [3.63, 3.8) is 0 Å². The minimum Gasteiger partial charge on any atom is -0.481 e. The van der Waals surface area contributed by atoms with Crippen LogP contribution in [0.25, 0.3) is 0 Å². The molecule has 10 heteroatoms. The third-order valence-corrected chi connectivity index (χ3v) is 5.67. The summed E-state index contributed by atoms with van der Waals surface area (Å²) in [5.41, 5.74) is 1.32. The second-order valence-electron chi connectivity index (χ2n) is 9.67. The van der Waals surface area contributed by atoms with Gasteiger partial charge in [-0.3, -0.25) is 4.79 Å². The van der Waals surface area contributed by atoms with E-state index in [4.69, 9.17) is 77.3 Å². The lowest BCUT2D eigenvalue weighted by Gasteiger charge is -2.09. The molecule has 0 unspecified atom stereocenters. The number of aliphatic carboxylic acids is 1. The van der Waals surface area contributed by atoms with Crippen molar-refractivity contribution in [2.75, 3.05) is 45.0 Å². The van der Waals surface area contributed by atoms with E-state index in [-0.39, 0.29) is 5.34 Å². The fraction of sp³-hybridized carbons (Fsp3) is 0.629. The molecule has 0 aromatic heterocycles. The van der Waals surface area contributed by atoms with Gasteiger partial charge in [0.25, 0.3) is 0 Å². The predicted molar refractivity (Wildman–Crippen MR) is 197 cm³/mol. The van der Waals surface area contributed by atoms with Gasteiger partial charge in [0.05, 0.1) is 31.8 Å². The molecular weight excluding hydrogens is 678 g/mol. The second kappa shape index (κ2) is 45.4. The molecule has 0 spiro atoms. The summed E-state index contributed by atoms with van der Waals surface area (Å²) < 4.78 is 14.1. The van der Waals surface area contributed by atoms with Crippen LogP contribution in [-0.2, 0) is 19.0 Å². The standard InChI is InChI=1S/C7H8.C6H12O2.C6H12.C6H6.C4H8O2.C4H8O.CHCl3.CH2Cl2/c1-7-5-3-2-4-6-7;1-2-3-4-5-6(7)8;2*1-2-4-6-5-3-1;1-2-6-4-3-5-1;1-2-4-5-3-1;2-1(3)4;2-1-3/h2-6H,1H3;2-5H2,1H3,(H,7,8);1-6H2;1-6H;1-4H2;1-4H2;1H;1H2.